The van der Waals surface area contributed by atoms with E-state index in [1.54, 1.807) is 20.3 Å². The van der Waals surface area contributed by atoms with Crippen molar-refractivity contribution in [2.24, 2.45) is 0 Å². The lowest BCUT2D eigenvalue weighted by Gasteiger charge is -2.09. The van der Waals surface area contributed by atoms with Crippen LogP contribution in [0, 0.1) is 0 Å². The standard InChI is InChI=1S/C17H18N4O3S/c1-23-12-7-5-11(10-13(12)24-2)6-8-15-18-17(21-20-15)19-16(22)14-4-3-9-25-14/h3-5,7,9-10H,6,8H2,1-2H3,(H2,18,19,20,21,22). The van der Waals surface area contributed by atoms with Crippen molar-refractivity contribution in [2.75, 3.05) is 19.5 Å². The van der Waals surface area contributed by atoms with Gasteiger partial charge in [0.05, 0.1) is 19.1 Å². The molecule has 0 atom stereocenters. The first-order valence-corrected chi connectivity index (χ1v) is 8.54. The molecule has 1 aromatic carbocycles. The zero-order chi connectivity index (χ0) is 17.6. The summed E-state index contributed by atoms with van der Waals surface area (Å²) in [7, 11) is 3.22. The lowest BCUT2D eigenvalue weighted by atomic mass is 10.1. The van der Waals surface area contributed by atoms with Gasteiger partial charge in [0.2, 0.25) is 5.95 Å². The molecule has 0 aliphatic carbocycles. The highest BCUT2D eigenvalue weighted by Crippen LogP contribution is 2.27. The summed E-state index contributed by atoms with van der Waals surface area (Å²) < 4.78 is 10.5. The molecule has 0 saturated carbocycles. The lowest BCUT2D eigenvalue weighted by molar-refractivity contribution is 0.102. The first kappa shape index (κ1) is 17.0. The topological polar surface area (TPSA) is 89.1 Å². The molecule has 0 bridgehead atoms. The van der Waals surface area contributed by atoms with E-state index < -0.39 is 0 Å². The van der Waals surface area contributed by atoms with E-state index in [1.165, 1.54) is 11.3 Å². The molecular formula is C17H18N4O3S. The predicted molar refractivity (Wildman–Crippen MR) is 95.6 cm³/mol. The monoisotopic (exact) mass is 358 g/mol. The van der Waals surface area contributed by atoms with Crippen LogP contribution in [0.15, 0.2) is 35.7 Å². The fraction of sp³-hybridized carbons (Fsp3) is 0.235. The van der Waals surface area contributed by atoms with Gasteiger partial charge in [-0.25, -0.2) is 0 Å². The number of ether oxygens (including phenoxy) is 2. The van der Waals surface area contributed by atoms with Crippen LogP contribution in [0.4, 0.5) is 5.95 Å². The summed E-state index contributed by atoms with van der Waals surface area (Å²) in [6, 6.07) is 9.38. The van der Waals surface area contributed by atoms with E-state index in [9.17, 15) is 4.79 Å². The molecular weight excluding hydrogens is 340 g/mol. The Balaban J connectivity index is 1.59. The van der Waals surface area contributed by atoms with Gasteiger partial charge in [-0.2, -0.15) is 4.98 Å². The Hall–Kier alpha value is -2.87. The minimum atomic E-state index is -0.208. The molecule has 8 heteroatoms. The number of carbonyl (C=O) groups is 1. The van der Waals surface area contributed by atoms with Crippen LogP contribution in [0.3, 0.4) is 0 Å². The smallest absolute Gasteiger partial charge is 0.268 e. The third kappa shape index (κ3) is 4.16. The van der Waals surface area contributed by atoms with Crippen molar-refractivity contribution in [1.29, 1.82) is 0 Å². The second-order valence-electron chi connectivity index (χ2n) is 5.23. The highest BCUT2D eigenvalue weighted by molar-refractivity contribution is 7.12. The second kappa shape index (κ2) is 7.80. The molecule has 0 fully saturated rings. The van der Waals surface area contributed by atoms with E-state index in [-0.39, 0.29) is 11.9 Å². The quantitative estimate of drug-likeness (QED) is 0.678. The van der Waals surface area contributed by atoms with Gasteiger partial charge in [0, 0.05) is 6.42 Å². The van der Waals surface area contributed by atoms with Crippen molar-refractivity contribution in [3.8, 4) is 11.5 Å². The van der Waals surface area contributed by atoms with Crippen LogP contribution < -0.4 is 14.8 Å². The number of hydrogen-bond donors (Lipinski definition) is 2. The molecule has 3 aromatic rings. The third-order valence-electron chi connectivity index (χ3n) is 3.60. The summed E-state index contributed by atoms with van der Waals surface area (Å²) in [5, 5.41) is 11.4. The van der Waals surface area contributed by atoms with E-state index in [0.717, 1.165) is 12.0 Å². The van der Waals surface area contributed by atoms with Gasteiger partial charge >= 0.3 is 0 Å². The molecule has 3 rings (SSSR count). The molecule has 0 spiro atoms. The number of H-pyrrole nitrogens is 1. The Labute approximate surface area is 149 Å². The number of benzene rings is 1. The van der Waals surface area contributed by atoms with Crippen molar-refractivity contribution in [2.45, 2.75) is 12.8 Å². The Morgan fingerprint density at radius 1 is 1.20 bits per heavy atom. The molecule has 0 aliphatic heterocycles. The van der Waals surface area contributed by atoms with E-state index in [0.29, 0.717) is 28.6 Å². The van der Waals surface area contributed by atoms with Gasteiger partial charge in [-0.1, -0.05) is 12.1 Å². The molecule has 2 heterocycles. The van der Waals surface area contributed by atoms with E-state index in [4.69, 9.17) is 9.47 Å². The van der Waals surface area contributed by atoms with Gasteiger partial charge in [0.15, 0.2) is 11.5 Å². The third-order valence-corrected chi connectivity index (χ3v) is 4.47. The van der Waals surface area contributed by atoms with Crippen molar-refractivity contribution in [3.63, 3.8) is 0 Å². The highest BCUT2D eigenvalue weighted by Gasteiger charge is 2.11. The largest absolute Gasteiger partial charge is 0.493 e. The lowest BCUT2D eigenvalue weighted by Crippen LogP contribution is -2.11. The summed E-state index contributed by atoms with van der Waals surface area (Å²) in [5.74, 6) is 2.17. The van der Waals surface area contributed by atoms with Gasteiger partial charge < -0.3 is 9.47 Å². The molecule has 0 radical (unpaired) electrons. The van der Waals surface area contributed by atoms with Crippen molar-refractivity contribution >= 4 is 23.2 Å². The van der Waals surface area contributed by atoms with Crippen LogP contribution in [0.1, 0.15) is 21.1 Å². The molecule has 2 N–H and O–H groups in total. The minimum Gasteiger partial charge on any atom is -0.493 e. The average Bonchev–Trinajstić information content (AvgIpc) is 3.31. The molecule has 7 nitrogen and oxygen atoms in total. The highest BCUT2D eigenvalue weighted by atomic mass is 32.1. The molecule has 0 aliphatic rings. The number of carbonyl (C=O) groups excluding carboxylic acids is 1. The number of nitrogens with one attached hydrogen (secondary N) is 2. The summed E-state index contributed by atoms with van der Waals surface area (Å²) in [6.45, 7) is 0. The van der Waals surface area contributed by atoms with E-state index >= 15 is 0 Å². The van der Waals surface area contributed by atoms with Gasteiger partial charge in [-0.05, 0) is 35.6 Å². The fourth-order valence-corrected chi connectivity index (χ4v) is 2.95. The second-order valence-corrected chi connectivity index (χ2v) is 6.17. The Morgan fingerprint density at radius 3 is 2.76 bits per heavy atom. The summed E-state index contributed by atoms with van der Waals surface area (Å²) in [4.78, 5) is 16.9. The molecule has 25 heavy (non-hydrogen) atoms. The Morgan fingerprint density at radius 2 is 2.04 bits per heavy atom. The predicted octanol–water partition coefficient (Wildman–Crippen LogP) is 2.92. The van der Waals surface area contributed by atoms with Crippen LogP contribution >= 0.6 is 11.3 Å². The van der Waals surface area contributed by atoms with Gasteiger partial charge in [-0.15, -0.1) is 16.4 Å². The van der Waals surface area contributed by atoms with Gasteiger partial charge in [0.25, 0.3) is 5.91 Å². The van der Waals surface area contributed by atoms with Crippen molar-refractivity contribution < 1.29 is 14.3 Å². The number of anilines is 1. The maximum absolute atomic E-state index is 12.0. The zero-order valence-corrected chi connectivity index (χ0v) is 14.7. The SMILES string of the molecule is COc1ccc(CCc2nc(NC(=O)c3cccs3)n[nH]2)cc1OC. The summed E-state index contributed by atoms with van der Waals surface area (Å²) >= 11 is 1.37. The Bertz CT molecular complexity index is 845. The number of rotatable bonds is 7. The van der Waals surface area contributed by atoms with Crippen molar-refractivity contribution in [3.05, 3.63) is 52.0 Å². The molecule has 130 valence electrons. The average molecular weight is 358 g/mol. The molecule has 0 unspecified atom stereocenters. The van der Waals surface area contributed by atoms with Gasteiger partial charge in [0.1, 0.15) is 5.82 Å². The fourth-order valence-electron chi connectivity index (χ4n) is 2.33. The number of aromatic amines is 1. The molecule has 1 amide bonds. The first-order chi connectivity index (χ1) is 12.2. The van der Waals surface area contributed by atoms with Gasteiger partial charge in [-0.3, -0.25) is 15.2 Å². The number of amides is 1. The summed E-state index contributed by atoms with van der Waals surface area (Å²) in [5.41, 5.74) is 1.10. The number of aryl methyl sites for hydroxylation is 2. The van der Waals surface area contributed by atoms with Crippen LogP contribution in [-0.4, -0.2) is 35.3 Å². The Kier molecular flexibility index (Phi) is 5.30. The van der Waals surface area contributed by atoms with Crippen LogP contribution in [0.25, 0.3) is 0 Å². The normalized spacial score (nSPS) is 10.5. The number of thiophene rings is 1. The molecule has 0 saturated heterocycles. The number of nitrogens with zero attached hydrogens (tertiary/aromatic N) is 2. The van der Waals surface area contributed by atoms with Crippen LogP contribution in [0.5, 0.6) is 11.5 Å². The van der Waals surface area contributed by atoms with E-state index in [1.807, 2.05) is 29.6 Å². The zero-order valence-electron chi connectivity index (χ0n) is 13.9. The first-order valence-electron chi connectivity index (χ1n) is 7.66. The van der Waals surface area contributed by atoms with Crippen LogP contribution in [0.2, 0.25) is 0 Å². The van der Waals surface area contributed by atoms with Crippen LogP contribution in [-0.2, 0) is 12.8 Å². The molecule has 2 aromatic heterocycles. The number of methoxy groups -OCH3 is 2. The maximum atomic E-state index is 12.0. The van der Waals surface area contributed by atoms with E-state index in [2.05, 4.69) is 20.5 Å². The maximum Gasteiger partial charge on any atom is 0.268 e. The number of hydrogen-bond acceptors (Lipinski definition) is 6. The minimum absolute atomic E-state index is 0.208. The summed E-state index contributed by atoms with van der Waals surface area (Å²) in [6.07, 6.45) is 1.42. The number of aromatic nitrogens is 3. The van der Waals surface area contributed by atoms with Crippen molar-refractivity contribution in [1.82, 2.24) is 15.2 Å².